The van der Waals surface area contributed by atoms with Crippen LogP contribution in [0.5, 0.6) is 5.75 Å². The molecule has 0 aliphatic carbocycles. The van der Waals surface area contributed by atoms with Gasteiger partial charge in [-0.1, -0.05) is 28.5 Å². The van der Waals surface area contributed by atoms with Crippen molar-refractivity contribution in [1.82, 2.24) is 9.21 Å². The molecule has 2 aromatic carbocycles. The molecule has 0 N–H and O–H groups in total. The van der Waals surface area contributed by atoms with E-state index < -0.39 is 10.4 Å². The van der Waals surface area contributed by atoms with Crippen LogP contribution in [0.3, 0.4) is 0 Å². The Morgan fingerprint density at radius 2 is 1.93 bits per heavy atom. The van der Waals surface area contributed by atoms with Crippen molar-refractivity contribution >= 4 is 16.3 Å². The van der Waals surface area contributed by atoms with Crippen LogP contribution >= 0.6 is 0 Å². The van der Waals surface area contributed by atoms with Gasteiger partial charge in [0.05, 0.1) is 19.7 Å². The van der Waals surface area contributed by atoms with Crippen LogP contribution in [0, 0.1) is 0 Å². The van der Waals surface area contributed by atoms with Crippen LogP contribution < -0.4 is 4.74 Å². The van der Waals surface area contributed by atoms with Crippen molar-refractivity contribution in [3.05, 3.63) is 76.2 Å². The van der Waals surface area contributed by atoms with E-state index in [4.69, 9.17) is 4.74 Å². The predicted molar refractivity (Wildman–Crippen MR) is 106 cm³/mol. The first-order valence-corrected chi connectivity index (χ1v) is 10.6. The Balaban J connectivity index is 1.60. The van der Waals surface area contributed by atoms with Crippen molar-refractivity contribution in [1.29, 1.82) is 0 Å². The van der Waals surface area contributed by atoms with E-state index >= 15 is 0 Å². The van der Waals surface area contributed by atoms with Gasteiger partial charge >= 0.3 is 0 Å². The number of benzene rings is 2. The van der Waals surface area contributed by atoms with Gasteiger partial charge in [0.15, 0.2) is 10.4 Å². The van der Waals surface area contributed by atoms with Gasteiger partial charge in [0, 0.05) is 25.6 Å². The van der Waals surface area contributed by atoms with Gasteiger partial charge in [0.1, 0.15) is 11.2 Å². The Labute approximate surface area is 165 Å². The Bertz CT molecular complexity index is 1000. The Morgan fingerprint density at radius 1 is 1.21 bits per heavy atom. The highest BCUT2D eigenvalue weighted by atomic mass is 32.3. The number of ether oxygens (including phenoxy) is 1. The minimum atomic E-state index is -3.64. The van der Waals surface area contributed by atoms with Crippen LogP contribution in [-0.4, -0.2) is 33.3 Å². The molecule has 1 amide bonds. The molecule has 0 radical (unpaired) electrons. The number of hydrogen-bond acceptors (Lipinski definition) is 4. The second kappa shape index (κ2) is 7.16. The third-order valence-corrected chi connectivity index (χ3v) is 6.60. The molecule has 0 bridgehead atoms. The second-order valence-corrected chi connectivity index (χ2v) is 9.05. The molecule has 2 aliphatic rings. The fourth-order valence-electron chi connectivity index (χ4n) is 3.68. The van der Waals surface area contributed by atoms with Crippen LogP contribution in [0.15, 0.2) is 48.4 Å². The maximum atomic E-state index is 12.6. The van der Waals surface area contributed by atoms with E-state index in [1.807, 2.05) is 30.3 Å². The Hall–Kier alpha value is -2.48. The summed E-state index contributed by atoms with van der Waals surface area (Å²) >= 11 is 0. The monoisotopic (exact) mass is 398 g/mol. The molecular weight excluding hydrogens is 376 g/mol. The standard InChI is InChI=1S/C21H22N2O4S/c1-3-28(25,26)23(12-15-5-7-20-17(10-15)8-9-27-20)13-16-4-6-18-14-22(2)21(24)19(18)11-16/h3-7,10-11H,1,8-9,12-14H2,2H3. The first-order chi connectivity index (χ1) is 13.4. The molecule has 0 spiro atoms. The molecule has 4 rings (SSSR count). The smallest absolute Gasteiger partial charge is 0.254 e. The topological polar surface area (TPSA) is 72.9 Å². The molecule has 0 saturated heterocycles. The van der Waals surface area contributed by atoms with Crippen LogP contribution in [0.4, 0.5) is 0 Å². The van der Waals surface area contributed by atoms with Crippen molar-refractivity contribution in [2.45, 2.75) is 26.1 Å². The summed E-state index contributed by atoms with van der Waals surface area (Å²) in [5.74, 6) is 0.830. The Kier molecular flexibility index (Phi) is 4.82. The summed E-state index contributed by atoms with van der Waals surface area (Å²) in [5.41, 5.74) is 4.38. The van der Waals surface area contributed by atoms with Gasteiger partial charge in [-0.05, 0) is 41.0 Å². The van der Waals surface area contributed by atoms with Gasteiger partial charge in [0.2, 0.25) is 0 Å². The molecule has 0 fully saturated rings. The first-order valence-electron chi connectivity index (χ1n) is 9.12. The SMILES string of the molecule is C=C[S+](=O)([O-])N(Cc1ccc2c(c1)CCO2)Cc1ccc2c(c1)C(=O)N(C)C2. The fourth-order valence-corrected chi connectivity index (χ4v) is 4.55. The quantitative estimate of drug-likeness (QED) is 0.702. The number of fused-ring (bicyclic) bond motifs is 2. The number of carbonyl (C=O) groups is 1. The van der Waals surface area contributed by atoms with E-state index in [2.05, 4.69) is 6.58 Å². The van der Waals surface area contributed by atoms with Gasteiger partial charge in [-0.25, -0.2) is 0 Å². The minimum absolute atomic E-state index is 0.0337. The van der Waals surface area contributed by atoms with Crippen molar-refractivity contribution in [3.8, 4) is 5.75 Å². The molecule has 0 aromatic heterocycles. The van der Waals surface area contributed by atoms with Gasteiger partial charge in [-0.15, -0.1) is 4.31 Å². The summed E-state index contributed by atoms with van der Waals surface area (Å²) in [6.07, 6.45) is 0.831. The van der Waals surface area contributed by atoms with Crippen molar-refractivity contribution in [3.63, 3.8) is 0 Å². The van der Waals surface area contributed by atoms with E-state index in [1.54, 1.807) is 18.0 Å². The highest BCUT2D eigenvalue weighted by molar-refractivity contribution is 7.98. The summed E-state index contributed by atoms with van der Waals surface area (Å²) in [7, 11) is -1.88. The largest absolute Gasteiger partial charge is 0.593 e. The Morgan fingerprint density at radius 3 is 2.68 bits per heavy atom. The van der Waals surface area contributed by atoms with Crippen molar-refractivity contribution < 1.29 is 18.3 Å². The summed E-state index contributed by atoms with van der Waals surface area (Å²) in [4.78, 5) is 13.9. The molecule has 1 atom stereocenters. The molecule has 146 valence electrons. The van der Waals surface area contributed by atoms with Gasteiger partial charge in [0.25, 0.3) is 5.91 Å². The van der Waals surface area contributed by atoms with E-state index in [1.165, 1.54) is 4.31 Å². The van der Waals surface area contributed by atoms with Crippen LogP contribution in [0.1, 0.15) is 32.6 Å². The summed E-state index contributed by atoms with van der Waals surface area (Å²) in [6.45, 7) is 5.11. The van der Waals surface area contributed by atoms with Gasteiger partial charge in [-0.2, -0.15) is 0 Å². The molecular formula is C21H22N2O4S. The number of carbonyl (C=O) groups excluding carboxylic acids is 1. The zero-order chi connectivity index (χ0) is 19.9. The van der Waals surface area contributed by atoms with E-state index in [0.717, 1.165) is 39.8 Å². The minimum Gasteiger partial charge on any atom is -0.593 e. The lowest BCUT2D eigenvalue weighted by atomic mass is 10.1. The molecule has 28 heavy (non-hydrogen) atoms. The molecule has 0 saturated carbocycles. The lowest BCUT2D eigenvalue weighted by Gasteiger charge is -2.25. The van der Waals surface area contributed by atoms with Gasteiger partial charge in [-0.3, -0.25) is 4.79 Å². The van der Waals surface area contributed by atoms with Crippen LogP contribution in [0.2, 0.25) is 0 Å². The third kappa shape index (κ3) is 3.48. The number of amides is 1. The van der Waals surface area contributed by atoms with Crippen LogP contribution in [-0.2, 0) is 40.7 Å². The highest BCUT2D eigenvalue weighted by Crippen LogP contribution is 2.28. The van der Waals surface area contributed by atoms with E-state index in [9.17, 15) is 13.6 Å². The number of nitrogens with zero attached hydrogens (tertiary/aromatic N) is 2. The number of rotatable bonds is 6. The van der Waals surface area contributed by atoms with Crippen molar-refractivity contribution in [2.75, 3.05) is 13.7 Å². The van der Waals surface area contributed by atoms with E-state index in [0.29, 0.717) is 18.7 Å². The maximum absolute atomic E-state index is 12.6. The third-order valence-electron chi connectivity index (χ3n) is 5.20. The van der Waals surface area contributed by atoms with Crippen molar-refractivity contribution in [2.24, 2.45) is 0 Å². The first kappa shape index (κ1) is 18.9. The highest BCUT2D eigenvalue weighted by Gasteiger charge is 2.28. The summed E-state index contributed by atoms with van der Waals surface area (Å²) in [6, 6.07) is 11.3. The zero-order valence-electron chi connectivity index (χ0n) is 15.7. The molecule has 2 aromatic rings. The summed E-state index contributed by atoms with van der Waals surface area (Å²) in [5, 5.41) is 0.968. The second-order valence-electron chi connectivity index (χ2n) is 7.17. The molecule has 2 heterocycles. The van der Waals surface area contributed by atoms with Crippen LogP contribution in [0.25, 0.3) is 0 Å². The zero-order valence-corrected chi connectivity index (χ0v) is 16.5. The maximum Gasteiger partial charge on any atom is 0.254 e. The number of sulfonamides is 1. The normalized spacial score (nSPS) is 17.2. The number of hydrogen-bond donors (Lipinski definition) is 0. The molecule has 1 unspecified atom stereocenters. The molecule has 2 aliphatic heterocycles. The van der Waals surface area contributed by atoms with Gasteiger partial charge < -0.3 is 14.2 Å². The fraction of sp³-hybridized carbons (Fsp3) is 0.286. The lowest BCUT2D eigenvalue weighted by molar-refractivity contribution is 0.0816. The molecule has 6 nitrogen and oxygen atoms in total. The predicted octanol–water partition coefficient (Wildman–Crippen LogP) is 2.90. The lowest BCUT2D eigenvalue weighted by Crippen LogP contribution is -2.33. The average molecular weight is 398 g/mol. The molecule has 7 heteroatoms. The van der Waals surface area contributed by atoms with E-state index in [-0.39, 0.29) is 19.0 Å². The average Bonchev–Trinajstić information content (AvgIpc) is 3.25. The summed E-state index contributed by atoms with van der Waals surface area (Å²) < 4.78 is 32.1.